The van der Waals surface area contributed by atoms with E-state index in [9.17, 15) is 4.79 Å². The zero-order valence-electron chi connectivity index (χ0n) is 9.45. The van der Waals surface area contributed by atoms with Crippen LogP contribution < -0.4 is 0 Å². The molecule has 6 nitrogen and oxygen atoms in total. The maximum absolute atomic E-state index is 10.2. The van der Waals surface area contributed by atoms with Gasteiger partial charge in [0.25, 0.3) is 0 Å². The molecule has 1 rings (SSSR count). The van der Waals surface area contributed by atoms with Crippen LogP contribution in [0.4, 0.5) is 0 Å². The van der Waals surface area contributed by atoms with Gasteiger partial charge in [-0.05, 0) is 12.1 Å². The third kappa shape index (κ3) is 9.38. The maximum Gasteiger partial charge on any atom is 2.00 e. The summed E-state index contributed by atoms with van der Waals surface area (Å²) < 4.78 is 0. The monoisotopic (exact) mass is 220 g/mol. The molecular weight excluding hydrogens is 204 g/mol. The molecule has 0 spiro atoms. The van der Waals surface area contributed by atoms with E-state index in [1.54, 1.807) is 30.3 Å². The number of rotatable bonds is 1. The van der Waals surface area contributed by atoms with Crippen LogP contribution >= 0.6 is 0 Å². The van der Waals surface area contributed by atoms with Crippen LogP contribution in [0.15, 0.2) is 30.3 Å². The molecule has 0 unspecified atom stereocenters. The smallest absolute Gasteiger partial charge is 1.00 e. The van der Waals surface area contributed by atoms with Crippen molar-refractivity contribution in [1.29, 1.82) is 0 Å². The van der Waals surface area contributed by atoms with Crippen molar-refractivity contribution < 1.29 is 34.7 Å². The minimum Gasteiger partial charge on any atom is -1.00 e. The topological polar surface area (TPSA) is 163 Å². The number of carboxylic acid groups (broad SMARTS) is 1. The molecule has 9 N–H and O–H groups in total. The Labute approximate surface area is 99.9 Å². The average Bonchev–Trinajstić information content (AvgIpc) is 1.90. The van der Waals surface area contributed by atoms with Gasteiger partial charge in [0.05, 0.1) is 5.56 Å². The van der Waals surface area contributed by atoms with Crippen LogP contribution in [0.2, 0.25) is 0 Å². The first-order chi connectivity index (χ1) is 4.30. The molecule has 0 aliphatic heterocycles. The zero-order valence-corrected chi connectivity index (χ0v) is 8.86. The number of benzene rings is 1. The van der Waals surface area contributed by atoms with E-state index in [0.717, 1.165) is 0 Å². The van der Waals surface area contributed by atoms with Gasteiger partial charge in [-0.1, -0.05) is 18.2 Å². The van der Waals surface area contributed by atoms with E-state index < -0.39 is 5.97 Å². The second-order valence-electron chi connectivity index (χ2n) is 1.67. The zero-order chi connectivity index (χ0) is 6.69. The predicted octanol–water partition coefficient (Wildman–Crippen LogP) is -2.07. The molecule has 14 heavy (non-hydrogen) atoms. The van der Waals surface area contributed by atoms with E-state index in [0.29, 0.717) is 5.56 Å². The number of carboxylic acids is 1. The van der Waals surface area contributed by atoms with Crippen LogP contribution in [-0.2, 0) is 0 Å². The van der Waals surface area contributed by atoms with Crippen LogP contribution in [0.25, 0.3) is 0 Å². The molecule has 0 aliphatic carbocycles. The summed E-state index contributed by atoms with van der Waals surface area (Å²) in [6.45, 7) is 0. The van der Waals surface area contributed by atoms with Crippen LogP contribution in [0, 0.1) is 0 Å². The minimum atomic E-state index is -0.879. The number of aromatic carboxylic acids is 1. The van der Waals surface area contributed by atoms with Gasteiger partial charge in [0.1, 0.15) is 0 Å². The van der Waals surface area contributed by atoms with Crippen molar-refractivity contribution >= 4 is 29.0 Å². The first-order valence-corrected chi connectivity index (χ1v) is 2.59. The molecule has 7 heteroatoms. The van der Waals surface area contributed by atoms with Gasteiger partial charge in [-0.25, -0.2) is 4.79 Å². The van der Waals surface area contributed by atoms with Gasteiger partial charge in [-0.15, -0.1) is 0 Å². The Kier molecular flexibility index (Phi) is 30.9. The van der Waals surface area contributed by atoms with Crippen molar-refractivity contribution in [1.82, 2.24) is 0 Å². The fraction of sp³-hybridized carbons (Fsp3) is 0. The third-order valence-corrected chi connectivity index (χ3v) is 1.02. The van der Waals surface area contributed by atoms with Gasteiger partial charge in [0.2, 0.25) is 0 Å². The molecule has 0 aliphatic rings. The fourth-order valence-corrected chi connectivity index (χ4v) is 0.581. The fourth-order valence-electron chi connectivity index (χ4n) is 0.581. The number of carbonyl (C=O) groups is 1. The predicted molar refractivity (Wildman–Crippen MR) is 55.8 cm³/mol. The first-order valence-electron chi connectivity index (χ1n) is 2.59. The second-order valence-corrected chi connectivity index (χ2v) is 1.67. The Morgan fingerprint density at radius 1 is 1.00 bits per heavy atom. The summed E-state index contributed by atoms with van der Waals surface area (Å²) >= 11 is 0. The Morgan fingerprint density at radius 3 is 1.57 bits per heavy atom. The molecule has 0 aromatic heterocycles. The summed E-state index contributed by atoms with van der Waals surface area (Å²) in [6, 6.07) is 8.30. The summed E-state index contributed by atoms with van der Waals surface area (Å²) in [7, 11) is 0. The molecule has 0 fully saturated rings. The summed E-state index contributed by atoms with van der Waals surface area (Å²) in [5.41, 5.74) is 0.331. The van der Waals surface area contributed by atoms with Gasteiger partial charge in [0, 0.05) is 0 Å². The molecule has 0 atom stereocenters. The van der Waals surface area contributed by atoms with E-state index >= 15 is 0 Å². The second kappa shape index (κ2) is 14.8. The Bertz CT molecular complexity index is 223. The quantitative estimate of drug-likeness (QED) is 0.538. The van der Waals surface area contributed by atoms with E-state index in [1.807, 2.05) is 0 Å². The van der Waals surface area contributed by atoms with E-state index in [2.05, 4.69) is 0 Å². The van der Waals surface area contributed by atoms with Gasteiger partial charge in [-0.2, -0.15) is 0 Å². The normalized spacial score (nSPS) is 5.71. The summed E-state index contributed by atoms with van der Waals surface area (Å²) in [6.07, 6.45) is 0. The van der Waals surface area contributed by atoms with Crippen molar-refractivity contribution in [3.63, 3.8) is 0 Å². The molecule has 0 bridgehead atoms. The minimum absolute atomic E-state index is 0. The number of hydrogen-bond acceptors (Lipinski definition) is 1. The van der Waals surface area contributed by atoms with Crippen LogP contribution in [0.3, 0.4) is 0 Å². The maximum atomic E-state index is 10.2. The SMILES string of the molecule is O.O.O.O.O=C(O)c1ccccc1.[H-].[H-].[Mg+2]. The molecule has 0 amide bonds. The molecule has 0 radical (unpaired) electrons. The number of hydrogen-bond donors (Lipinski definition) is 1. The molecule has 0 heterocycles. The summed E-state index contributed by atoms with van der Waals surface area (Å²) in [5, 5.41) is 8.38. The Balaban J connectivity index is -0.0000000231. The molecule has 1 aromatic rings. The molecular formula is C7H16MgO6. The first kappa shape index (κ1) is 29.2. The van der Waals surface area contributed by atoms with E-state index in [-0.39, 0.29) is 47.8 Å². The van der Waals surface area contributed by atoms with Crippen molar-refractivity contribution in [2.45, 2.75) is 0 Å². The standard InChI is InChI=1S/C7H6O2.Mg.4H2O.2H/c8-7(9)6-4-2-1-3-5-6;;;;;;;/h1-5H,(H,8,9);;4*1H2;;/q;+2;;;;;2*-1. The largest absolute Gasteiger partial charge is 2.00 e. The molecule has 0 saturated heterocycles. The van der Waals surface area contributed by atoms with Crippen molar-refractivity contribution in [2.75, 3.05) is 0 Å². The van der Waals surface area contributed by atoms with Gasteiger partial charge in [0.15, 0.2) is 0 Å². The van der Waals surface area contributed by atoms with Gasteiger partial charge < -0.3 is 29.9 Å². The van der Waals surface area contributed by atoms with Crippen LogP contribution in [0.1, 0.15) is 13.2 Å². The summed E-state index contributed by atoms with van der Waals surface area (Å²) in [4.78, 5) is 10.2. The third-order valence-electron chi connectivity index (χ3n) is 1.02. The van der Waals surface area contributed by atoms with Crippen molar-refractivity contribution in [3.8, 4) is 0 Å². The van der Waals surface area contributed by atoms with Crippen LogP contribution in [0.5, 0.6) is 0 Å². The Morgan fingerprint density at radius 2 is 1.36 bits per heavy atom. The van der Waals surface area contributed by atoms with Crippen LogP contribution in [-0.4, -0.2) is 56.0 Å². The van der Waals surface area contributed by atoms with Gasteiger partial charge in [-0.3, -0.25) is 0 Å². The molecule has 82 valence electrons. The van der Waals surface area contributed by atoms with Crippen molar-refractivity contribution in [2.24, 2.45) is 0 Å². The summed E-state index contributed by atoms with van der Waals surface area (Å²) in [5.74, 6) is -0.879. The van der Waals surface area contributed by atoms with Crippen molar-refractivity contribution in [3.05, 3.63) is 35.9 Å². The molecule has 1 aromatic carbocycles. The average molecular weight is 221 g/mol. The van der Waals surface area contributed by atoms with Gasteiger partial charge >= 0.3 is 29.0 Å². The van der Waals surface area contributed by atoms with E-state index in [1.165, 1.54) is 0 Å². The van der Waals surface area contributed by atoms with E-state index in [4.69, 9.17) is 5.11 Å². The molecule has 0 saturated carbocycles. The Hall–Kier alpha value is -0.704.